The largest absolute Gasteiger partial charge is 0.465 e. The average Bonchev–Trinajstić information content (AvgIpc) is 3.15. The Morgan fingerprint density at radius 1 is 1.15 bits per heavy atom. The van der Waals surface area contributed by atoms with Gasteiger partial charge in [0.1, 0.15) is 9.77 Å². The molecular weight excluding hydrogens is 388 g/mol. The average molecular weight is 404 g/mol. The molecule has 0 aliphatic heterocycles. The molecule has 0 saturated carbocycles. The van der Waals surface area contributed by atoms with Crippen LogP contribution in [0, 0.1) is 0 Å². The van der Waals surface area contributed by atoms with Gasteiger partial charge >= 0.3 is 5.97 Å². The first kappa shape index (κ1) is 18.9. The van der Waals surface area contributed by atoms with Crippen molar-refractivity contribution in [1.82, 2.24) is 4.57 Å². The molecule has 9 heteroatoms. The number of anilines is 1. The number of hydrogen-bond donors (Lipinski definition) is 1. The van der Waals surface area contributed by atoms with Crippen molar-refractivity contribution in [1.29, 1.82) is 0 Å². The molecule has 7 nitrogen and oxygen atoms in total. The fourth-order valence-corrected chi connectivity index (χ4v) is 4.82. The van der Waals surface area contributed by atoms with Crippen molar-refractivity contribution in [3.8, 4) is 0 Å². The smallest absolute Gasteiger partial charge is 0.349 e. The molecule has 0 amide bonds. The molecule has 0 radical (unpaired) electrons. The minimum absolute atomic E-state index is 0.0186. The Morgan fingerprint density at radius 3 is 2.56 bits per heavy atom. The number of methoxy groups -OCH3 is 1. The van der Waals surface area contributed by atoms with Gasteiger partial charge in [0.15, 0.2) is 0 Å². The molecule has 1 N–H and O–H groups in total. The van der Waals surface area contributed by atoms with E-state index in [1.54, 1.807) is 47.2 Å². The topological polar surface area (TPSA) is 94.5 Å². The molecule has 27 heavy (non-hydrogen) atoms. The zero-order valence-corrected chi connectivity index (χ0v) is 15.9. The van der Waals surface area contributed by atoms with Crippen molar-refractivity contribution >= 4 is 33.0 Å². The molecule has 0 spiro atoms. The first-order valence-corrected chi connectivity index (χ1v) is 10.2. The quantitative estimate of drug-likeness (QED) is 0.637. The highest BCUT2D eigenvalue weighted by molar-refractivity contribution is 7.93. The Hall–Kier alpha value is -2.91. The SMILES string of the molecule is COC(=O)c1sccc1S(=O)(=O)Nc1ccc(Cn2ccccc2=O)cc1. The van der Waals surface area contributed by atoms with Crippen LogP contribution in [0.25, 0.3) is 0 Å². The van der Waals surface area contributed by atoms with Crippen LogP contribution in [0.5, 0.6) is 0 Å². The van der Waals surface area contributed by atoms with Gasteiger partial charge in [0.25, 0.3) is 15.6 Å². The molecule has 3 rings (SSSR count). The first-order valence-electron chi connectivity index (χ1n) is 7.84. The van der Waals surface area contributed by atoms with Gasteiger partial charge in [-0.1, -0.05) is 18.2 Å². The highest BCUT2D eigenvalue weighted by Gasteiger charge is 2.24. The number of esters is 1. The lowest BCUT2D eigenvalue weighted by Crippen LogP contribution is -2.18. The Bertz CT molecular complexity index is 1110. The highest BCUT2D eigenvalue weighted by atomic mass is 32.2. The number of pyridine rings is 1. The van der Waals surface area contributed by atoms with Crippen LogP contribution < -0.4 is 10.3 Å². The van der Waals surface area contributed by atoms with Crippen molar-refractivity contribution < 1.29 is 17.9 Å². The molecule has 0 bridgehead atoms. The Balaban J connectivity index is 1.78. The molecule has 3 aromatic rings. The molecule has 140 valence electrons. The standard InChI is InChI=1S/C18H16N2O5S2/c1-25-18(22)17-15(9-11-26-17)27(23,24)19-14-7-5-13(6-8-14)12-20-10-3-2-4-16(20)21/h2-11,19H,12H2,1H3. The zero-order chi connectivity index (χ0) is 19.4. The molecule has 0 aliphatic carbocycles. The van der Waals surface area contributed by atoms with E-state index >= 15 is 0 Å². The van der Waals surface area contributed by atoms with E-state index in [1.807, 2.05) is 0 Å². The van der Waals surface area contributed by atoms with E-state index in [4.69, 9.17) is 0 Å². The van der Waals surface area contributed by atoms with Crippen LogP contribution >= 0.6 is 11.3 Å². The summed E-state index contributed by atoms with van der Waals surface area (Å²) in [5.41, 5.74) is 1.08. The molecule has 0 aliphatic rings. The number of sulfonamides is 1. The summed E-state index contributed by atoms with van der Waals surface area (Å²) in [4.78, 5) is 23.4. The maximum atomic E-state index is 12.6. The summed E-state index contributed by atoms with van der Waals surface area (Å²) in [5.74, 6) is -0.700. The predicted molar refractivity (Wildman–Crippen MR) is 103 cm³/mol. The summed E-state index contributed by atoms with van der Waals surface area (Å²) in [7, 11) is -2.73. The number of nitrogens with one attached hydrogen (secondary N) is 1. The number of thiophene rings is 1. The molecule has 0 saturated heterocycles. The van der Waals surface area contributed by atoms with E-state index in [2.05, 4.69) is 9.46 Å². The van der Waals surface area contributed by atoms with Crippen molar-refractivity contribution in [3.05, 3.63) is 80.9 Å². The maximum absolute atomic E-state index is 12.6. The fraction of sp³-hybridized carbons (Fsp3) is 0.111. The van der Waals surface area contributed by atoms with E-state index in [1.165, 1.54) is 24.6 Å². The van der Waals surface area contributed by atoms with E-state index in [0.717, 1.165) is 16.9 Å². The number of aromatic nitrogens is 1. The van der Waals surface area contributed by atoms with E-state index in [-0.39, 0.29) is 15.3 Å². The maximum Gasteiger partial charge on any atom is 0.349 e. The highest BCUT2D eigenvalue weighted by Crippen LogP contribution is 2.25. The zero-order valence-electron chi connectivity index (χ0n) is 14.3. The molecule has 0 fully saturated rings. The van der Waals surface area contributed by atoms with Crippen molar-refractivity contribution in [2.75, 3.05) is 11.8 Å². The Kier molecular flexibility index (Phi) is 5.43. The fourth-order valence-electron chi connectivity index (χ4n) is 2.43. The third-order valence-corrected chi connectivity index (χ3v) is 6.19. The third-order valence-electron chi connectivity index (χ3n) is 3.75. The van der Waals surface area contributed by atoms with Gasteiger partial charge in [-0.15, -0.1) is 11.3 Å². The van der Waals surface area contributed by atoms with Crippen molar-refractivity contribution in [2.24, 2.45) is 0 Å². The van der Waals surface area contributed by atoms with Gasteiger partial charge in [-0.25, -0.2) is 13.2 Å². The second-order valence-electron chi connectivity index (χ2n) is 5.57. The van der Waals surface area contributed by atoms with Crippen LogP contribution in [0.2, 0.25) is 0 Å². The van der Waals surface area contributed by atoms with Crippen LogP contribution in [0.4, 0.5) is 5.69 Å². The van der Waals surface area contributed by atoms with Crippen LogP contribution in [-0.4, -0.2) is 26.1 Å². The summed E-state index contributed by atoms with van der Waals surface area (Å²) in [5, 5.41) is 1.52. The van der Waals surface area contributed by atoms with Crippen LogP contribution in [0.1, 0.15) is 15.2 Å². The van der Waals surface area contributed by atoms with Gasteiger partial charge in [0.2, 0.25) is 0 Å². The van der Waals surface area contributed by atoms with E-state index in [0.29, 0.717) is 12.2 Å². The van der Waals surface area contributed by atoms with Gasteiger partial charge in [-0.2, -0.15) is 0 Å². The minimum Gasteiger partial charge on any atom is -0.465 e. The molecule has 1 aromatic carbocycles. The number of benzene rings is 1. The van der Waals surface area contributed by atoms with Crippen molar-refractivity contribution in [3.63, 3.8) is 0 Å². The summed E-state index contributed by atoms with van der Waals surface area (Å²) in [6, 6.07) is 12.9. The lowest BCUT2D eigenvalue weighted by molar-refractivity contribution is 0.0602. The Labute approximate surface area is 159 Å². The molecule has 2 heterocycles. The third kappa shape index (κ3) is 4.26. The number of hydrogen-bond acceptors (Lipinski definition) is 6. The monoisotopic (exact) mass is 404 g/mol. The van der Waals surface area contributed by atoms with Gasteiger partial charge < -0.3 is 9.30 Å². The van der Waals surface area contributed by atoms with Crippen molar-refractivity contribution in [2.45, 2.75) is 11.4 Å². The second-order valence-corrected chi connectivity index (χ2v) is 8.14. The Morgan fingerprint density at radius 2 is 1.89 bits per heavy atom. The second kappa shape index (κ2) is 7.77. The molecule has 0 unspecified atom stereocenters. The predicted octanol–water partition coefficient (Wildman–Crippen LogP) is 2.55. The lowest BCUT2D eigenvalue weighted by atomic mass is 10.2. The van der Waals surface area contributed by atoms with Crippen LogP contribution in [0.3, 0.4) is 0 Å². The number of rotatable bonds is 6. The summed E-state index contributed by atoms with van der Waals surface area (Å²) in [6.45, 7) is 0.379. The number of carbonyl (C=O) groups is 1. The minimum atomic E-state index is -3.93. The van der Waals surface area contributed by atoms with Gasteiger partial charge in [-0.3, -0.25) is 9.52 Å². The van der Waals surface area contributed by atoms with Gasteiger partial charge in [0, 0.05) is 18.0 Å². The number of carbonyl (C=O) groups excluding carboxylic acids is 1. The summed E-state index contributed by atoms with van der Waals surface area (Å²) >= 11 is 0.999. The van der Waals surface area contributed by atoms with E-state index in [9.17, 15) is 18.0 Å². The normalized spacial score (nSPS) is 11.1. The molecule has 0 atom stereocenters. The molecular formula is C18H16N2O5S2. The van der Waals surface area contributed by atoms with Crippen LogP contribution in [-0.2, 0) is 21.3 Å². The number of ether oxygens (including phenoxy) is 1. The number of nitrogens with zero attached hydrogens (tertiary/aromatic N) is 1. The molecule has 2 aromatic heterocycles. The van der Waals surface area contributed by atoms with Crippen LogP contribution in [0.15, 0.2) is 69.8 Å². The van der Waals surface area contributed by atoms with Gasteiger partial charge in [0.05, 0.1) is 13.7 Å². The lowest BCUT2D eigenvalue weighted by Gasteiger charge is -2.10. The van der Waals surface area contributed by atoms with E-state index < -0.39 is 16.0 Å². The first-order chi connectivity index (χ1) is 12.9. The van der Waals surface area contributed by atoms with Gasteiger partial charge in [-0.05, 0) is 35.2 Å². The summed E-state index contributed by atoms with van der Waals surface area (Å²) in [6.07, 6.45) is 1.68. The summed E-state index contributed by atoms with van der Waals surface area (Å²) < 4.78 is 33.7.